The summed E-state index contributed by atoms with van der Waals surface area (Å²) in [4.78, 5) is 12.0. The van der Waals surface area contributed by atoms with Gasteiger partial charge in [0.25, 0.3) is 0 Å². The van der Waals surface area contributed by atoms with E-state index in [1.807, 2.05) is 13.8 Å². The average molecular weight is 339 g/mol. The van der Waals surface area contributed by atoms with Crippen LogP contribution >= 0.6 is 12.4 Å². The number of hydrogen-bond acceptors (Lipinski definition) is 2. The Labute approximate surface area is 134 Å². The predicted octanol–water partition coefficient (Wildman–Crippen LogP) is 3.68. The summed E-state index contributed by atoms with van der Waals surface area (Å²) in [7, 11) is 0. The summed E-state index contributed by atoms with van der Waals surface area (Å²) >= 11 is 0. The van der Waals surface area contributed by atoms with E-state index in [4.69, 9.17) is 5.73 Å². The monoisotopic (exact) mass is 338 g/mol. The summed E-state index contributed by atoms with van der Waals surface area (Å²) in [6.07, 6.45) is -3.64. The summed E-state index contributed by atoms with van der Waals surface area (Å²) in [6.45, 7) is 5.42. The van der Waals surface area contributed by atoms with Crippen molar-refractivity contribution in [3.05, 3.63) is 35.4 Å². The first-order valence-electron chi connectivity index (χ1n) is 6.90. The molecule has 0 aliphatic rings. The highest BCUT2D eigenvalue weighted by molar-refractivity contribution is 5.85. The van der Waals surface area contributed by atoms with Gasteiger partial charge in [0.1, 0.15) is 0 Å². The van der Waals surface area contributed by atoms with Gasteiger partial charge < -0.3 is 11.1 Å². The Kier molecular flexibility index (Phi) is 7.90. The van der Waals surface area contributed by atoms with E-state index in [1.54, 1.807) is 13.0 Å². The molecule has 0 bridgehead atoms. The Hall–Kier alpha value is -1.27. The van der Waals surface area contributed by atoms with Crippen LogP contribution in [0, 0.1) is 5.92 Å². The van der Waals surface area contributed by atoms with Crippen molar-refractivity contribution in [3.63, 3.8) is 0 Å². The van der Waals surface area contributed by atoms with Gasteiger partial charge in [0.15, 0.2) is 0 Å². The van der Waals surface area contributed by atoms with Crippen molar-refractivity contribution in [1.82, 2.24) is 5.32 Å². The first-order valence-corrected chi connectivity index (χ1v) is 6.90. The van der Waals surface area contributed by atoms with E-state index in [0.29, 0.717) is 5.56 Å². The number of rotatable bonds is 5. The lowest BCUT2D eigenvalue weighted by Crippen LogP contribution is -2.45. The second kappa shape index (κ2) is 8.39. The number of benzene rings is 1. The molecular formula is C15H22ClF3N2O. The van der Waals surface area contributed by atoms with Gasteiger partial charge in [0.2, 0.25) is 5.91 Å². The van der Waals surface area contributed by atoms with Crippen molar-refractivity contribution < 1.29 is 18.0 Å². The minimum Gasteiger partial charge on any atom is -0.348 e. The van der Waals surface area contributed by atoms with Gasteiger partial charge in [-0.2, -0.15) is 13.2 Å². The molecule has 3 atom stereocenters. The standard InChI is InChI=1S/C15H21F3N2O.ClH/c1-4-9(2)13(19)14(21)20-10(3)11-6-5-7-12(8-11)15(16,17)18;/h5-10,13H,4,19H2,1-3H3,(H,20,21);1H. The molecule has 0 aliphatic carbocycles. The summed E-state index contributed by atoms with van der Waals surface area (Å²) in [6, 6.07) is 3.73. The van der Waals surface area contributed by atoms with E-state index < -0.39 is 23.8 Å². The Morgan fingerprint density at radius 1 is 1.32 bits per heavy atom. The average Bonchev–Trinajstić information content (AvgIpc) is 2.44. The van der Waals surface area contributed by atoms with Crippen LogP contribution in [0.4, 0.5) is 13.2 Å². The zero-order valence-corrected chi connectivity index (χ0v) is 13.6. The van der Waals surface area contributed by atoms with E-state index in [9.17, 15) is 18.0 Å². The number of carbonyl (C=O) groups is 1. The molecule has 0 fully saturated rings. The van der Waals surface area contributed by atoms with Crippen molar-refractivity contribution in [2.75, 3.05) is 0 Å². The number of nitrogens with one attached hydrogen (secondary N) is 1. The molecule has 3 N–H and O–H groups in total. The molecule has 0 heterocycles. The minimum absolute atomic E-state index is 0. The van der Waals surface area contributed by atoms with Gasteiger partial charge in [-0.15, -0.1) is 12.4 Å². The summed E-state index contributed by atoms with van der Waals surface area (Å²) < 4.78 is 38.0. The fourth-order valence-electron chi connectivity index (χ4n) is 1.89. The lowest BCUT2D eigenvalue weighted by Gasteiger charge is -2.21. The third-order valence-electron chi connectivity index (χ3n) is 3.63. The van der Waals surface area contributed by atoms with Crippen LogP contribution in [-0.4, -0.2) is 11.9 Å². The van der Waals surface area contributed by atoms with Crippen molar-refractivity contribution in [2.45, 2.75) is 45.5 Å². The van der Waals surface area contributed by atoms with Crippen molar-refractivity contribution >= 4 is 18.3 Å². The molecular weight excluding hydrogens is 317 g/mol. The maximum Gasteiger partial charge on any atom is 0.416 e. The SMILES string of the molecule is CCC(C)C(N)C(=O)NC(C)c1cccc(C(F)(F)F)c1.Cl. The van der Waals surface area contributed by atoms with E-state index in [0.717, 1.165) is 18.6 Å². The Morgan fingerprint density at radius 3 is 2.41 bits per heavy atom. The number of hydrogen-bond donors (Lipinski definition) is 2. The molecule has 0 radical (unpaired) electrons. The largest absolute Gasteiger partial charge is 0.416 e. The summed E-state index contributed by atoms with van der Waals surface area (Å²) in [5, 5.41) is 2.66. The number of nitrogens with two attached hydrogens (primary N) is 1. The number of carbonyl (C=O) groups excluding carboxylic acids is 1. The molecule has 0 saturated carbocycles. The van der Waals surface area contributed by atoms with Gasteiger partial charge in [0, 0.05) is 0 Å². The first kappa shape index (κ1) is 20.7. The molecule has 0 spiro atoms. The Morgan fingerprint density at radius 2 is 1.91 bits per heavy atom. The van der Waals surface area contributed by atoms with Crippen LogP contribution < -0.4 is 11.1 Å². The van der Waals surface area contributed by atoms with Crippen LogP contribution in [-0.2, 0) is 11.0 Å². The second-order valence-corrected chi connectivity index (χ2v) is 5.26. The number of halogens is 4. The molecule has 0 aliphatic heterocycles. The van der Waals surface area contributed by atoms with Gasteiger partial charge in [-0.1, -0.05) is 32.4 Å². The van der Waals surface area contributed by atoms with Gasteiger partial charge in [-0.25, -0.2) is 0 Å². The minimum atomic E-state index is -4.40. The highest BCUT2D eigenvalue weighted by Crippen LogP contribution is 2.30. The molecule has 0 aromatic heterocycles. The lowest BCUT2D eigenvalue weighted by atomic mass is 9.98. The zero-order valence-electron chi connectivity index (χ0n) is 12.8. The highest BCUT2D eigenvalue weighted by Gasteiger charge is 2.31. The fourth-order valence-corrected chi connectivity index (χ4v) is 1.89. The van der Waals surface area contributed by atoms with Crippen LogP contribution in [0.1, 0.15) is 44.4 Å². The van der Waals surface area contributed by atoms with E-state index in [2.05, 4.69) is 5.32 Å². The smallest absolute Gasteiger partial charge is 0.348 e. The van der Waals surface area contributed by atoms with E-state index in [1.165, 1.54) is 6.07 Å². The molecule has 3 unspecified atom stereocenters. The van der Waals surface area contributed by atoms with Crippen LogP contribution in [0.2, 0.25) is 0 Å². The molecule has 1 amide bonds. The molecule has 0 saturated heterocycles. The lowest BCUT2D eigenvalue weighted by molar-refractivity contribution is -0.137. The van der Waals surface area contributed by atoms with Crippen molar-refractivity contribution in [3.8, 4) is 0 Å². The summed E-state index contributed by atoms with van der Waals surface area (Å²) in [5.41, 5.74) is 5.47. The van der Waals surface area contributed by atoms with Gasteiger partial charge >= 0.3 is 6.18 Å². The third-order valence-corrected chi connectivity index (χ3v) is 3.63. The second-order valence-electron chi connectivity index (χ2n) is 5.26. The normalized spacial score (nSPS) is 15.4. The zero-order chi connectivity index (χ0) is 16.2. The molecule has 22 heavy (non-hydrogen) atoms. The molecule has 1 aromatic carbocycles. The molecule has 126 valence electrons. The van der Waals surface area contributed by atoms with Crippen molar-refractivity contribution in [2.24, 2.45) is 11.7 Å². The van der Waals surface area contributed by atoms with Crippen molar-refractivity contribution in [1.29, 1.82) is 0 Å². The number of alkyl halides is 3. The van der Waals surface area contributed by atoms with E-state index >= 15 is 0 Å². The van der Waals surface area contributed by atoms with Crippen LogP contribution in [0.5, 0.6) is 0 Å². The number of amides is 1. The summed E-state index contributed by atoms with van der Waals surface area (Å²) in [5.74, 6) is -0.340. The Balaban J connectivity index is 0.00000441. The van der Waals surface area contributed by atoms with Crippen LogP contribution in [0.25, 0.3) is 0 Å². The van der Waals surface area contributed by atoms with Gasteiger partial charge in [0.05, 0.1) is 17.6 Å². The topological polar surface area (TPSA) is 55.1 Å². The van der Waals surface area contributed by atoms with E-state index in [-0.39, 0.29) is 24.2 Å². The molecule has 3 nitrogen and oxygen atoms in total. The predicted molar refractivity (Wildman–Crippen MR) is 82.7 cm³/mol. The van der Waals surface area contributed by atoms with Gasteiger partial charge in [-0.3, -0.25) is 4.79 Å². The third kappa shape index (κ3) is 5.50. The maximum absolute atomic E-state index is 12.7. The first-order chi connectivity index (χ1) is 9.66. The molecule has 1 rings (SSSR count). The van der Waals surface area contributed by atoms with Gasteiger partial charge in [-0.05, 0) is 30.5 Å². The molecule has 7 heteroatoms. The Bertz CT molecular complexity index is 494. The fraction of sp³-hybridized carbons (Fsp3) is 0.533. The van der Waals surface area contributed by atoms with Crippen LogP contribution in [0.3, 0.4) is 0 Å². The highest BCUT2D eigenvalue weighted by atomic mass is 35.5. The maximum atomic E-state index is 12.7. The van der Waals surface area contributed by atoms with Crippen LogP contribution in [0.15, 0.2) is 24.3 Å². The molecule has 1 aromatic rings. The quantitative estimate of drug-likeness (QED) is 0.860.